The average Bonchev–Trinajstić information content (AvgIpc) is 3.70. The number of aromatic nitrogens is 2. The van der Waals surface area contributed by atoms with Gasteiger partial charge in [0.05, 0.1) is 49.5 Å². The van der Waals surface area contributed by atoms with E-state index >= 15 is 0 Å². The zero-order valence-electron chi connectivity index (χ0n) is 31.5. The Morgan fingerprint density at radius 2 is 1.74 bits per heavy atom. The van der Waals surface area contributed by atoms with Crippen LogP contribution in [-0.4, -0.2) is 115 Å². The second-order valence-corrected chi connectivity index (χ2v) is 16.1. The van der Waals surface area contributed by atoms with Crippen LogP contribution in [-0.2, 0) is 32.0 Å². The summed E-state index contributed by atoms with van der Waals surface area (Å²) in [6.07, 6.45) is 5.76. The maximum Gasteiger partial charge on any atom is 0.410 e. The molecule has 7 rings (SSSR count). The van der Waals surface area contributed by atoms with Crippen molar-refractivity contribution < 1.29 is 28.5 Å². The van der Waals surface area contributed by atoms with Crippen LogP contribution >= 0.6 is 11.6 Å². The van der Waals surface area contributed by atoms with Gasteiger partial charge in [-0.15, -0.1) is 0 Å². The maximum absolute atomic E-state index is 13.3. The van der Waals surface area contributed by atoms with Crippen molar-refractivity contribution in [2.45, 2.75) is 96.0 Å². The van der Waals surface area contributed by atoms with E-state index in [1.165, 1.54) is 7.11 Å². The Morgan fingerprint density at radius 3 is 2.49 bits per heavy atom. The minimum absolute atomic E-state index is 0.0630. The predicted molar refractivity (Wildman–Crippen MR) is 205 cm³/mol. The molecule has 3 unspecified atom stereocenters. The summed E-state index contributed by atoms with van der Waals surface area (Å²) in [6.45, 7) is 12.0. The van der Waals surface area contributed by atoms with E-state index in [0.717, 1.165) is 96.7 Å². The van der Waals surface area contributed by atoms with E-state index in [-0.39, 0.29) is 36.6 Å². The van der Waals surface area contributed by atoms with Gasteiger partial charge < -0.3 is 28.7 Å². The lowest BCUT2D eigenvalue weighted by molar-refractivity contribution is -0.141. The fraction of sp³-hybridized carbons (Fsp3) is 0.600. The number of esters is 1. The van der Waals surface area contributed by atoms with Gasteiger partial charge in [-0.2, -0.15) is 9.97 Å². The van der Waals surface area contributed by atoms with Crippen LogP contribution in [0, 0.1) is 0 Å². The van der Waals surface area contributed by atoms with Crippen molar-refractivity contribution in [1.82, 2.24) is 19.8 Å². The summed E-state index contributed by atoms with van der Waals surface area (Å²) < 4.78 is 22.7. The lowest BCUT2D eigenvalue weighted by Gasteiger charge is -2.43. The maximum atomic E-state index is 13.3. The SMILES string of the molecule is COC(=O)CCOCCCN1CCCC1COc1nc2c(c(N3CC4CCC(C3)N4C(=O)OC(C)(C)C)n1)CCN(c1cccc3cccc(Cl)c13)C2. The first-order chi connectivity index (χ1) is 25.6. The van der Waals surface area contributed by atoms with Gasteiger partial charge in [-0.3, -0.25) is 14.6 Å². The average molecular weight is 749 g/mol. The van der Waals surface area contributed by atoms with Crippen molar-refractivity contribution in [3.05, 3.63) is 52.7 Å². The van der Waals surface area contributed by atoms with Gasteiger partial charge in [0.2, 0.25) is 0 Å². The second kappa shape index (κ2) is 16.2. The van der Waals surface area contributed by atoms with E-state index in [2.05, 4.69) is 39.0 Å². The molecule has 4 aliphatic rings. The molecule has 3 aromatic rings. The lowest BCUT2D eigenvalue weighted by atomic mass is 10.0. The molecule has 1 amide bonds. The molecular formula is C40H53ClN6O6. The third kappa shape index (κ3) is 8.60. The molecule has 12 nitrogen and oxygen atoms in total. The number of nitrogens with zero attached hydrogens (tertiary/aromatic N) is 6. The number of amides is 1. The quantitative estimate of drug-likeness (QED) is 0.155. The smallest absolute Gasteiger partial charge is 0.410 e. The van der Waals surface area contributed by atoms with Crippen molar-refractivity contribution in [1.29, 1.82) is 0 Å². The monoisotopic (exact) mass is 748 g/mol. The molecule has 3 atom stereocenters. The van der Waals surface area contributed by atoms with Gasteiger partial charge in [-0.25, -0.2) is 4.79 Å². The standard InChI is InChI=1S/C40H53ClN6O6/c1-40(2,3)53-39(49)47-28-14-15-29(47)24-46(23-28)37-31-16-20-45(34-13-6-10-27-9-5-12-32(41)36(27)34)25-33(31)42-38(43-37)52-26-30-11-7-18-44(30)19-8-21-51-22-17-35(48)50-4/h5-6,9-10,12-13,28-30H,7-8,11,14-26H2,1-4H3. The van der Waals surface area contributed by atoms with Gasteiger partial charge in [-0.05, 0) is 83.4 Å². The Hall–Kier alpha value is -3.87. The Morgan fingerprint density at radius 1 is 0.962 bits per heavy atom. The molecular weight excluding hydrogens is 696 g/mol. The Balaban J connectivity index is 1.09. The number of ether oxygens (including phenoxy) is 4. The number of carbonyl (C=O) groups excluding carboxylic acids is 2. The van der Waals surface area contributed by atoms with Crippen LogP contribution in [0.2, 0.25) is 5.02 Å². The van der Waals surface area contributed by atoms with Crippen molar-refractivity contribution in [2.75, 3.05) is 69.5 Å². The van der Waals surface area contributed by atoms with Crippen molar-refractivity contribution in [2.24, 2.45) is 0 Å². The molecule has 3 saturated heterocycles. The molecule has 2 bridgehead atoms. The highest BCUT2D eigenvalue weighted by atomic mass is 35.5. The minimum Gasteiger partial charge on any atom is -0.469 e. The summed E-state index contributed by atoms with van der Waals surface area (Å²) in [7, 11) is 1.39. The van der Waals surface area contributed by atoms with Crippen LogP contribution in [0.4, 0.5) is 16.3 Å². The summed E-state index contributed by atoms with van der Waals surface area (Å²) in [5.74, 6) is 0.670. The number of rotatable bonds is 12. The van der Waals surface area contributed by atoms with E-state index in [4.69, 9.17) is 40.5 Å². The van der Waals surface area contributed by atoms with Crippen LogP contribution in [0.3, 0.4) is 0 Å². The van der Waals surface area contributed by atoms with E-state index in [0.29, 0.717) is 45.5 Å². The largest absolute Gasteiger partial charge is 0.469 e. The molecule has 0 saturated carbocycles. The summed E-state index contributed by atoms with van der Waals surface area (Å²) >= 11 is 6.78. The summed E-state index contributed by atoms with van der Waals surface area (Å²) in [5, 5.41) is 2.90. The zero-order chi connectivity index (χ0) is 37.1. The molecule has 1 aromatic heterocycles. The molecule has 0 aliphatic carbocycles. The zero-order valence-corrected chi connectivity index (χ0v) is 32.3. The Kier molecular flexibility index (Phi) is 11.5. The number of hydrogen-bond acceptors (Lipinski definition) is 11. The van der Waals surface area contributed by atoms with E-state index in [1.807, 2.05) is 37.8 Å². The lowest BCUT2D eigenvalue weighted by Crippen LogP contribution is -2.57. The van der Waals surface area contributed by atoms with Gasteiger partial charge in [0.1, 0.15) is 18.0 Å². The first-order valence-corrected chi connectivity index (χ1v) is 19.6. The Labute approximate surface area is 317 Å². The molecule has 53 heavy (non-hydrogen) atoms. The normalized spacial score (nSPS) is 21.6. The topological polar surface area (TPSA) is 110 Å². The van der Waals surface area contributed by atoms with E-state index in [9.17, 15) is 9.59 Å². The number of hydrogen-bond donors (Lipinski definition) is 0. The molecule has 2 aromatic carbocycles. The van der Waals surface area contributed by atoms with Gasteiger partial charge >= 0.3 is 18.1 Å². The molecule has 0 spiro atoms. The third-order valence-electron chi connectivity index (χ3n) is 10.9. The van der Waals surface area contributed by atoms with E-state index < -0.39 is 5.60 Å². The van der Waals surface area contributed by atoms with Crippen molar-refractivity contribution in [3.63, 3.8) is 0 Å². The highest BCUT2D eigenvalue weighted by Crippen LogP contribution is 2.39. The Bertz CT molecular complexity index is 1770. The molecule has 0 radical (unpaired) electrons. The number of likely N-dealkylation sites (tertiary alicyclic amines) is 1. The van der Waals surface area contributed by atoms with Crippen molar-refractivity contribution >= 4 is 45.9 Å². The number of methoxy groups -OCH3 is 1. The van der Waals surface area contributed by atoms with Crippen LogP contribution in [0.15, 0.2) is 36.4 Å². The van der Waals surface area contributed by atoms with Crippen LogP contribution < -0.4 is 14.5 Å². The predicted octanol–water partition coefficient (Wildman–Crippen LogP) is 6.25. The second-order valence-electron chi connectivity index (χ2n) is 15.7. The fourth-order valence-corrected chi connectivity index (χ4v) is 8.71. The number of benzene rings is 2. The number of carbonyl (C=O) groups is 2. The van der Waals surface area contributed by atoms with Gasteiger partial charge in [0.15, 0.2) is 0 Å². The molecule has 5 heterocycles. The summed E-state index contributed by atoms with van der Waals surface area (Å²) in [6, 6.07) is 13.2. The first kappa shape index (κ1) is 37.4. The molecule has 0 N–H and O–H groups in total. The van der Waals surface area contributed by atoms with E-state index in [1.54, 1.807) is 0 Å². The van der Waals surface area contributed by atoms with Crippen LogP contribution in [0.25, 0.3) is 10.8 Å². The summed E-state index contributed by atoms with van der Waals surface area (Å²) in [4.78, 5) is 44.0. The number of fused-ring (bicyclic) bond motifs is 4. The van der Waals surface area contributed by atoms with Crippen LogP contribution in [0.1, 0.15) is 70.6 Å². The highest BCUT2D eigenvalue weighted by Gasteiger charge is 2.45. The molecule has 286 valence electrons. The third-order valence-corrected chi connectivity index (χ3v) is 11.2. The molecule has 3 fully saturated rings. The fourth-order valence-electron chi connectivity index (χ4n) is 8.43. The van der Waals surface area contributed by atoms with Gasteiger partial charge in [0.25, 0.3) is 0 Å². The number of halogens is 1. The van der Waals surface area contributed by atoms with Gasteiger partial charge in [-0.1, -0.05) is 35.9 Å². The highest BCUT2D eigenvalue weighted by molar-refractivity contribution is 6.36. The van der Waals surface area contributed by atoms with Gasteiger partial charge in [0, 0.05) is 55.5 Å². The molecule has 13 heteroatoms. The minimum atomic E-state index is -0.541. The van der Waals surface area contributed by atoms with Crippen LogP contribution in [0.5, 0.6) is 6.01 Å². The first-order valence-electron chi connectivity index (χ1n) is 19.2. The summed E-state index contributed by atoms with van der Waals surface area (Å²) in [5.41, 5.74) is 2.68. The van der Waals surface area contributed by atoms with Crippen molar-refractivity contribution in [3.8, 4) is 6.01 Å². The molecule has 4 aliphatic heterocycles. The number of anilines is 2. The number of piperazine rings is 1.